The molecule has 0 N–H and O–H groups in total. The van der Waals surface area contributed by atoms with Crippen molar-refractivity contribution in [3.63, 3.8) is 0 Å². The van der Waals surface area contributed by atoms with Crippen LogP contribution in [0.1, 0.15) is 36.8 Å². The van der Waals surface area contributed by atoms with Crippen LogP contribution in [-0.4, -0.2) is 11.3 Å². The molecule has 3 aliphatic rings. The van der Waals surface area contributed by atoms with E-state index in [0.717, 1.165) is 0 Å². The van der Waals surface area contributed by atoms with Crippen LogP contribution in [0.25, 0.3) is 21.8 Å². The minimum Gasteiger partial charge on any atom is -0.337 e. The maximum absolute atomic E-state index is 2.74. The average Bonchev–Trinajstić information content (AvgIpc) is 3.42. The Hall–Kier alpha value is -4.24. The second-order valence-corrected chi connectivity index (χ2v) is 11.8. The van der Waals surface area contributed by atoms with E-state index in [1.807, 2.05) is 0 Å². The Kier molecular flexibility index (Phi) is 3.82. The predicted molar refractivity (Wildman–Crippen MR) is 160 cm³/mol. The van der Waals surface area contributed by atoms with Crippen molar-refractivity contribution in [2.45, 2.75) is 31.1 Å². The van der Waals surface area contributed by atoms with E-state index in [-0.39, 0.29) is 5.41 Å². The van der Waals surface area contributed by atoms with Crippen molar-refractivity contribution in [2.75, 3.05) is 4.90 Å². The molecule has 3 heteroatoms. The van der Waals surface area contributed by atoms with Gasteiger partial charge in [-0.1, -0.05) is 98.8 Å². The summed E-state index contributed by atoms with van der Waals surface area (Å²) < 4.78 is 2.74. The summed E-state index contributed by atoms with van der Waals surface area (Å²) in [6, 6.07) is 43.4. The van der Waals surface area contributed by atoms with E-state index < -0.39 is 0 Å². The van der Waals surface area contributed by atoms with Gasteiger partial charge in [-0.2, -0.15) is 0 Å². The molecule has 0 bridgehead atoms. The van der Waals surface area contributed by atoms with E-state index in [1.54, 1.807) is 0 Å². The smallest absolute Gasteiger partial charge is 0.227 e. The van der Waals surface area contributed by atoms with Gasteiger partial charge in [0.1, 0.15) is 0 Å². The molecule has 9 rings (SSSR count). The number of anilines is 3. The van der Waals surface area contributed by atoms with Gasteiger partial charge in [0.05, 0.1) is 0 Å². The fourth-order valence-corrected chi connectivity index (χ4v) is 8.36. The molecule has 38 heavy (non-hydrogen) atoms. The van der Waals surface area contributed by atoms with Crippen LogP contribution in [0.15, 0.2) is 115 Å². The normalized spacial score (nSPS) is 19.9. The van der Waals surface area contributed by atoms with Crippen molar-refractivity contribution in [1.29, 1.82) is 0 Å². The van der Waals surface area contributed by atoms with Crippen molar-refractivity contribution < 1.29 is 0 Å². The molecule has 2 atom stereocenters. The molecule has 1 aliphatic carbocycles. The summed E-state index contributed by atoms with van der Waals surface area (Å²) in [5, 5.41) is 2.74. The number of nitrogens with zero attached hydrogens (tertiary/aromatic N) is 2. The third-order valence-electron chi connectivity index (χ3n) is 9.70. The van der Waals surface area contributed by atoms with Gasteiger partial charge in [0.15, 0.2) is 0 Å². The van der Waals surface area contributed by atoms with Gasteiger partial charge in [-0.05, 0) is 58.2 Å². The molecule has 2 aliphatic heterocycles. The molecule has 0 spiro atoms. The highest BCUT2D eigenvalue weighted by Crippen LogP contribution is 2.59. The first kappa shape index (κ1) is 20.8. The zero-order valence-electron chi connectivity index (χ0n) is 21.6. The Bertz CT molecular complexity index is 1930. The summed E-state index contributed by atoms with van der Waals surface area (Å²) in [4.78, 5) is 2.49. The second-order valence-electron chi connectivity index (χ2n) is 11.8. The third-order valence-corrected chi connectivity index (χ3v) is 9.70. The molecule has 0 saturated carbocycles. The summed E-state index contributed by atoms with van der Waals surface area (Å²) in [6.45, 7) is 5.24. The highest BCUT2D eigenvalue weighted by Gasteiger charge is 2.57. The molecule has 2 unspecified atom stereocenters. The quantitative estimate of drug-likeness (QED) is 0.221. The Morgan fingerprint density at radius 2 is 1.39 bits per heavy atom. The Labute approximate surface area is 223 Å². The molecule has 0 radical (unpaired) electrons. The number of rotatable bonds is 1. The van der Waals surface area contributed by atoms with Gasteiger partial charge in [-0.25, -0.2) is 0 Å². The van der Waals surface area contributed by atoms with Gasteiger partial charge in [0, 0.05) is 50.3 Å². The van der Waals surface area contributed by atoms with Gasteiger partial charge in [0.2, 0.25) is 6.71 Å². The SMILES string of the molecule is CC1(C)c2ccccc2C2B3c4ccccc4N(c4ccccc4)c4ccc5c6ccccc6n(c5c43)C21. The lowest BCUT2D eigenvalue weighted by Crippen LogP contribution is -2.58. The van der Waals surface area contributed by atoms with Gasteiger partial charge in [0.25, 0.3) is 0 Å². The van der Waals surface area contributed by atoms with Crippen LogP contribution in [0.3, 0.4) is 0 Å². The van der Waals surface area contributed by atoms with Crippen LogP contribution in [0.4, 0.5) is 17.1 Å². The summed E-state index contributed by atoms with van der Waals surface area (Å²) in [6.07, 6.45) is 0. The Morgan fingerprint density at radius 1 is 0.658 bits per heavy atom. The maximum atomic E-state index is 2.74. The zero-order chi connectivity index (χ0) is 25.2. The standard InChI is InChI=1S/C35H27BN2/c1-35(2)26-16-8-6-15-25(26)31-34(35)38-28-18-10-7-14-23(28)24-20-21-30-32(33(24)38)36(31)27-17-9-11-19-29(27)37(30)22-12-4-3-5-13-22/h3-21,31,34H,1-2H3. The van der Waals surface area contributed by atoms with Gasteiger partial charge >= 0.3 is 0 Å². The van der Waals surface area contributed by atoms with Crippen LogP contribution in [0.5, 0.6) is 0 Å². The first-order valence-corrected chi connectivity index (χ1v) is 13.8. The zero-order valence-corrected chi connectivity index (χ0v) is 21.6. The second kappa shape index (κ2) is 6.99. The summed E-state index contributed by atoms with van der Waals surface area (Å²) in [5.41, 5.74) is 12.6. The minimum atomic E-state index is 0.00911. The monoisotopic (exact) mass is 486 g/mol. The van der Waals surface area contributed by atoms with E-state index in [1.165, 1.54) is 60.9 Å². The Balaban J connectivity index is 1.50. The summed E-state index contributed by atoms with van der Waals surface area (Å²) >= 11 is 0. The van der Waals surface area contributed by atoms with Gasteiger partial charge in [-0.3, -0.25) is 0 Å². The predicted octanol–water partition coefficient (Wildman–Crippen LogP) is 7.36. The number of hydrogen-bond acceptors (Lipinski definition) is 1. The van der Waals surface area contributed by atoms with Crippen molar-refractivity contribution in [3.8, 4) is 0 Å². The first-order chi connectivity index (χ1) is 18.7. The van der Waals surface area contributed by atoms with Gasteiger partial charge < -0.3 is 9.47 Å². The summed E-state index contributed by atoms with van der Waals surface area (Å²) in [5.74, 6) is 0.368. The molecule has 5 aromatic carbocycles. The molecule has 0 amide bonds. The third kappa shape index (κ3) is 2.32. The van der Waals surface area contributed by atoms with Crippen LogP contribution in [0, 0.1) is 0 Å². The van der Waals surface area contributed by atoms with Crippen LogP contribution < -0.4 is 15.8 Å². The molecule has 0 saturated heterocycles. The topological polar surface area (TPSA) is 8.17 Å². The first-order valence-electron chi connectivity index (χ1n) is 13.8. The highest BCUT2D eigenvalue weighted by molar-refractivity contribution is 6.91. The molecule has 6 aromatic rings. The molecule has 2 nitrogen and oxygen atoms in total. The molecule has 3 heterocycles. The largest absolute Gasteiger partial charge is 0.337 e. The number of fused-ring (bicyclic) bond motifs is 10. The van der Waals surface area contributed by atoms with Gasteiger partial charge in [-0.15, -0.1) is 0 Å². The van der Waals surface area contributed by atoms with Crippen molar-refractivity contribution in [1.82, 2.24) is 4.57 Å². The van der Waals surface area contributed by atoms with Crippen LogP contribution in [0.2, 0.25) is 0 Å². The van der Waals surface area contributed by atoms with Crippen LogP contribution in [-0.2, 0) is 5.41 Å². The number of hydrogen-bond donors (Lipinski definition) is 0. The highest BCUT2D eigenvalue weighted by atomic mass is 15.2. The van der Waals surface area contributed by atoms with E-state index in [0.29, 0.717) is 18.6 Å². The van der Waals surface area contributed by atoms with Crippen molar-refractivity contribution >= 4 is 56.5 Å². The van der Waals surface area contributed by atoms with Crippen LogP contribution >= 0.6 is 0 Å². The molecule has 1 aromatic heterocycles. The lowest BCUT2D eigenvalue weighted by Gasteiger charge is -2.46. The minimum absolute atomic E-state index is 0.00911. The molecular weight excluding hydrogens is 459 g/mol. The van der Waals surface area contributed by atoms with E-state index in [9.17, 15) is 0 Å². The summed E-state index contributed by atoms with van der Waals surface area (Å²) in [7, 11) is 0. The number of para-hydroxylation sites is 3. The Morgan fingerprint density at radius 3 is 2.29 bits per heavy atom. The molecule has 180 valence electrons. The molecular formula is C35H27BN2. The number of benzene rings is 5. The fraction of sp³-hybridized carbons (Fsp3) is 0.143. The molecule has 0 fully saturated rings. The average molecular weight is 486 g/mol. The lowest BCUT2D eigenvalue weighted by molar-refractivity contribution is 0.348. The van der Waals surface area contributed by atoms with Crippen molar-refractivity contribution in [2.24, 2.45) is 0 Å². The van der Waals surface area contributed by atoms with E-state index in [2.05, 4.69) is 139 Å². The maximum Gasteiger partial charge on any atom is 0.227 e. The number of aromatic nitrogens is 1. The van der Waals surface area contributed by atoms with E-state index >= 15 is 0 Å². The van der Waals surface area contributed by atoms with Crippen molar-refractivity contribution in [3.05, 3.63) is 126 Å². The fourth-order valence-electron chi connectivity index (χ4n) is 8.36. The lowest BCUT2D eigenvalue weighted by atomic mass is 9.29. The van der Waals surface area contributed by atoms with E-state index in [4.69, 9.17) is 0 Å².